The van der Waals surface area contributed by atoms with Crippen LogP contribution in [-0.4, -0.2) is 32.8 Å². The van der Waals surface area contributed by atoms with Crippen molar-refractivity contribution >= 4 is 0 Å². The lowest BCUT2D eigenvalue weighted by Crippen LogP contribution is -2.24. The second-order valence-electron chi connectivity index (χ2n) is 5.44. The third-order valence-electron chi connectivity index (χ3n) is 3.75. The van der Waals surface area contributed by atoms with Crippen LogP contribution in [0.15, 0.2) is 22.7 Å². The lowest BCUT2D eigenvalue weighted by molar-refractivity contribution is 0.169. The predicted octanol–water partition coefficient (Wildman–Crippen LogP) is 1.70. The summed E-state index contributed by atoms with van der Waals surface area (Å²) >= 11 is 0. The van der Waals surface area contributed by atoms with Gasteiger partial charge in [-0.25, -0.2) is 4.39 Å². The van der Waals surface area contributed by atoms with Gasteiger partial charge in [0.25, 0.3) is 0 Å². The molecule has 1 aliphatic rings. The van der Waals surface area contributed by atoms with Crippen LogP contribution in [0.5, 0.6) is 0 Å². The lowest BCUT2D eigenvalue weighted by atomic mass is 10.1. The summed E-state index contributed by atoms with van der Waals surface area (Å²) in [5, 5.41) is 22.6. The molecule has 1 fully saturated rings. The zero-order chi connectivity index (χ0) is 15.7. The molecule has 0 radical (unpaired) electrons. The van der Waals surface area contributed by atoms with Gasteiger partial charge >= 0.3 is 0 Å². The van der Waals surface area contributed by atoms with Gasteiger partial charge in [-0.05, 0) is 31.0 Å². The van der Waals surface area contributed by atoms with Crippen LogP contribution in [0, 0.1) is 24.1 Å². The van der Waals surface area contributed by atoms with Crippen molar-refractivity contribution in [2.45, 2.75) is 32.0 Å². The summed E-state index contributed by atoms with van der Waals surface area (Å²) in [7, 11) is 0. The summed E-state index contributed by atoms with van der Waals surface area (Å²) in [5.41, 5.74) is 0.815. The summed E-state index contributed by atoms with van der Waals surface area (Å²) in [6.07, 6.45) is 0.0293. The summed E-state index contributed by atoms with van der Waals surface area (Å²) in [5.74, 6) is 0.485. The van der Waals surface area contributed by atoms with E-state index in [-0.39, 0.29) is 11.6 Å². The van der Waals surface area contributed by atoms with Crippen LogP contribution >= 0.6 is 0 Å². The molecular weight excluding hydrogens is 287 g/mol. The number of aromatic nitrogens is 2. The molecule has 114 valence electrons. The minimum Gasteiger partial charge on any atom is -0.392 e. The monoisotopic (exact) mass is 302 g/mol. The average Bonchev–Trinajstić information content (AvgIpc) is 3.07. The van der Waals surface area contributed by atoms with E-state index in [9.17, 15) is 9.50 Å². The van der Waals surface area contributed by atoms with Gasteiger partial charge in [0.2, 0.25) is 5.89 Å². The number of β-amino-alcohol motifs (C(OH)–C–C–N with tert-alkyl or cyclic N) is 1. The molecule has 1 aromatic carbocycles. The van der Waals surface area contributed by atoms with E-state index in [0.717, 1.165) is 5.56 Å². The highest BCUT2D eigenvalue weighted by Gasteiger charge is 2.35. The molecule has 7 heteroatoms. The van der Waals surface area contributed by atoms with E-state index in [4.69, 9.17) is 9.78 Å². The Morgan fingerprint density at radius 1 is 1.55 bits per heavy atom. The highest BCUT2D eigenvalue weighted by molar-refractivity contribution is 5.34. The molecule has 6 nitrogen and oxygen atoms in total. The molecule has 0 amide bonds. The van der Waals surface area contributed by atoms with Crippen LogP contribution < -0.4 is 0 Å². The maximum absolute atomic E-state index is 13.4. The number of halogens is 1. The van der Waals surface area contributed by atoms with Crippen molar-refractivity contribution in [3.8, 4) is 6.07 Å². The first-order valence-electron chi connectivity index (χ1n) is 6.97. The van der Waals surface area contributed by atoms with Crippen molar-refractivity contribution in [3.63, 3.8) is 0 Å². The topological polar surface area (TPSA) is 86.2 Å². The normalized spacial score (nSPS) is 21.9. The molecule has 0 unspecified atom stereocenters. The number of benzene rings is 1. The molecule has 2 atom stereocenters. The first kappa shape index (κ1) is 14.6. The van der Waals surface area contributed by atoms with Crippen LogP contribution in [0.1, 0.15) is 35.3 Å². The van der Waals surface area contributed by atoms with Gasteiger partial charge in [-0.3, -0.25) is 4.90 Å². The molecule has 0 saturated carbocycles. The Labute approximate surface area is 126 Å². The maximum atomic E-state index is 13.4. The summed E-state index contributed by atoms with van der Waals surface area (Å²) in [4.78, 5) is 6.22. The molecule has 0 aliphatic carbocycles. The number of hydrogen-bond acceptors (Lipinski definition) is 6. The Morgan fingerprint density at radius 2 is 2.36 bits per heavy atom. The summed E-state index contributed by atoms with van der Waals surface area (Å²) in [6, 6.07) is 6.10. The van der Waals surface area contributed by atoms with Crippen LogP contribution in [-0.2, 0) is 6.54 Å². The fraction of sp³-hybridized carbons (Fsp3) is 0.400. The van der Waals surface area contributed by atoms with Gasteiger partial charge in [-0.1, -0.05) is 11.2 Å². The molecule has 1 aromatic heterocycles. The van der Waals surface area contributed by atoms with E-state index in [1.165, 1.54) is 12.1 Å². The highest BCUT2D eigenvalue weighted by atomic mass is 19.1. The molecule has 3 rings (SSSR count). The summed E-state index contributed by atoms with van der Waals surface area (Å²) in [6.45, 7) is 2.67. The van der Waals surface area contributed by atoms with E-state index in [1.54, 1.807) is 13.0 Å². The molecule has 1 aliphatic heterocycles. The van der Waals surface area contributed by atoms with Crippen LogP contribution in [0.2, 0.25) is 0 Å². The predicted molar refractivity (Wildman–Crippen MR) is 73.9 cm³/mol. The molecular formula is C15H15FN4O2. The third kappa shape index (κ3) is 2.84. The van der Waals surface area contributed by atoms with E-state index in [1.807, 2.05) is 11.0 Å². The number of aliphatic hydroxyl groups excluding tert-OH is 1. The van der Waals surface area contributed by atoms with E-state index >= 15 is 0 Å². The van der Waals surface area contributed by atoms with Gasteiger partial charge in [0.15, 0.2) is 5.82 Å². The average molecular weight is 302 g/mol. The van der Waals surface area contributed by atoms with Crippen molar-refractivity contribution in [2.75, 3.05) is 6.54 Å². The highest BCUT2D eigenvalue weighted by Crippen LogP contribution is 2.32. The fourth-order valence-corrected chi connectivity index (χ4v) is 2.75. The molecule has 0 spiro atoms. The second-order valence-corrected chi connectivity index (χ2v) is 5.44. The van der Waals surface area contributed by atoms with Gasteiger partial charge in [-0.2, -0.15) is 10.2 Å². The van der Waals surface area contributed by atoms with Crippen molar-refractivity contribution in [2.24, 2.45) is 0 Å². The zero-order valence-corrected chi connectivity index (χ0v) is 12.0. The second kappa shape index (κ2) is 5.83. The van der Waals surface area contributed by atoms with Crippen molar-refractivity contribution < 1.29 is 14.0 Å². The molecule has 1 saturated heterocycles. The van der Waals surface area contributed by atoms with Crippen LogP contribution in [0.3, 0.4) is 0 Å². The van der Waals surface area contributed by atoms with Gasteiger partial charge in [-0.15, -0.1) is 0 Å². The van der Waals surface area contributed by atoms with Crippen molar-refractivity contribution in [1.82, 2.24) is 15.0 Å². The fourth-order valence-electron chi connectivity index (χ4n) is 2.75. The molecule has 22 heavy (non-hydrogen) atoms. The first-order chi connectivity index (χ1) is 10.6. The summed E-state index contributed by atoms with van der Waals surface area (Å²) < 4.78 is 18.6. The van der Waals surface area contributed by atoms with Gasteiger partial charge in [0.1, 0.15) is 11.9 Å². The molecule has 2 heterocycles. The number of nitrogens with zero attached hydrogens (tertiary/aromatic N) is 4. The Bertz CT molecular complexity index is 725. The number of nitriles is 1. The number of rotatable bonds is 3. The Kier molecular flexibility index (Phi) is 3.88. The third-order valence-corrected chi connectivity index (χ3v) is 3.75. The Balaban J connectivity index is 1.82. The minimum absolute atomic E-state index is 0.0161. The van der Waals surface area contributed by atoms with Crippen molar-refractivity contribution in [3.05, 3.63) is 46.9 Å². The van der Waals surface area contributed by atoms with Crippen LogP contribution in [0.4, 0.5) is 4.39 Å². The van der Waals surface area contributed by atoms with Crippen LogP contribution in [0.25, 0.3) is 0 Å². The lowest BCUT2D eigenvalue weighted by Gasteiger charge is -2.21. The number of likely N-dealkylation sites (tertiary alicyclic amines) is 1. The first-order valence-corrected chi connectivity index (χ1v) is 6.97. The Hall–Kier alpha value is -2.30. The molecule has 0 bridgehead atoms. The quantitative estimate of drug-likeness (QED) is 0.928. The Morgan fingerprint density at radius 3 is 3.05 bits per heavy atom. The smallest absolute Gasteiger partial charge is 0.244 e. The van der Waals surface area contributed by atoms with E-state index < -0.39 is 11.9 Å². The van der Waals surface area contributed by atoms with Crippen molar-refractivity contribution in [1.29, 1.82) is 5.26 Å². The molecule has 2 aromatic rings. The maximum Gasteiger partial charge on any atom is 0.244 e. The SMILES string of the molecule is Cc1noc([C@H]2C[C@@H](O)CN2Cc2ccc(F)c(C#N)c2)n1. The minimum atomic E-state index is -0.531. The van der Waals surface area contributed by atoms with E-state index in [0.29, 0.717) is 31.2 Å². The largest absolute Gasteiger partial charge is 0.392 e. The van der Waals surface area contributed by atoms with Gasteiger partial charge in [0, 0.05) is 13.1 Å². The number of aliphatic hydroxyl groups is 1. The van der Waals surface area contributed by atoms with Gasteiger partial charge in [0.05, 0.1) is 17.7 Å². The number of aryl methyl sites for hydroxylation is 1. The standard InChI is InChI=1S/C15H15FN4O2/c1-9-18-15(22-19-9)14-5-12(21)8-20(14)7-10-2-3-13(16)11(4-10)6-17/h2-4,12,14,21H,5,7-8H2,1H3/t12-,14-/m1/s1. The van der Waals surface area contributed by atoms with E-state index in [2.05, 4.69) is 10.1 Å². The van der Waals surface area contributed by atoms with Gasteiger partial charge < -0.3 is 9.63 Å². The molecule has 1 N–H and O–H groups in total. The zero-order valence-electron chi connectivity index (χ0n) is 12.0. The number of hydrogen-bond donors (Lipinski definition) is 1.